The molecule has 1 radical (unpaired) electrons. The average molecular weight is 165 g/mol. The maximum absolute atomic E-state index is 11.4. The van der Waals surface area contributed by atoms with Crippen LogP contribution in [0.2, 0.25) is 0 Å². The quantitative estimate of drug-likeness (QED) is 0.672. The van der Waals surface area contributed by atoms with Crippen LogP contribution in [0.25, 0.3) is 0 Å². The van der Waals surface area contributed by atoms with E-state index in [0.717, 1.165) is 5.56 Å². The van der Waals surface area contributed by atoms with Crippen molar-refractivity contribution in [2.45, 2.75) is 13.0 Å². The van der Waals surface area contributed by atoms with E-state index in [9.17, 15) is 5.11 Å². The summed E-state index contributed by atoms with van der Waals surface area (Å²) in [7, 11) is 0. The monoisotopic (exact) mass is 165 g/mol. The predicted molar refractivity (Wildman–Crippen MR) is 46.4 cm³/mol. The molecule has 0 aliphatic rings. The lowest BCUT2D eigenvalue weighted by atomic mass is 10.1. The maximum Gasteiger partial charge on any atom is 0.141 e. The predicted octanol–water partition coefficient (Wildman–Crippen LogP) is 2.19. The van der Waals surface area contributed by atoms with Crippen LogP contribution < -0.4 is 0 Å². The van der Waals surface area contributed by atoms with Gasteiger partial charge in [0.15, 0.2) is 0 Å². The largest absolute Gasteiger partial charge is 0.379 e. The lowest BCUT2D eigenvalue weighted by Gasteiger charge is -2.07. The van der Waals surface area contributed by atoms with E-state index in [-0.39, 0.29) is 6.61 Å². The van der Waals surface area contributed by atoms with Gasteiger partial charge in [-0.25, -0.2) is 5.11 Å². The van der Waals surface area contributed by atoms with Gasteiger partial charge in [0.05, 0.1) is 6.61 Å². The molecule has 0 bridgehead atoms. The highest BCUT2D eigenvalue weighted by Crippen LogP contribution is 2.12. The first kappa shape index (κ1) is 9.23. The van der Waals surface area contributed by atoms with Gasteiger partial charge in [0.1, 0.15) is 6.10 Å². The molecule has 1 atom stereocenters. The molecule has 0 aromatic heterocycles. The van der Waals surface area contributed by atoms with Gasteiger partial charge < -0.3 is 4.74 Å². The van der Waals surface area contributed by atoms with Crippen LogP contribution in [0.1, 0.15) is 18.6 Å². The van der Waals surface area contributed by atoms with Crippen LogP contribution in [0, 0.1) is 0 Å². The van der Waals surface area contributed by atoms with Crippen molar-refractivity contribution in [2.75, 3.05) is 13.2 Å². The molecule has 0 aliphatic heterocycles. The fraction of sp³-hybridized carbons (Fsp3) is 0.400. The minimum absolute atomic E-state index is 0.264. The van der Waals surface area contributed by atoms with Gasteiger partial charge in [0.2, 0.25) is 0 Å². The van der Waals surface area contributed by atoms with Crippen molar-refractivity contribution in [1.29, 1.82) is 0 Å². The SMILES string of the molecule is CCOCC([O])c1ccccc1. The van der Waals surface area contributed by atoms with Crippen LogP contribution in [-0.2, 0) is 9.84 Å². The molecule has 0 saturated heterocycles. The maximum atomic E-state index is 11.4. The molecule has 1 aromatic rings. The molecule has 2 heteroatoms. The fourth-order valence-corrected chi connectivity index (χ4v) is 0.989. The Morgan fingerprint density at radius 2 is 2.00 bits per heavy atom. The molecule has 0 saturated carbocycles. The summed E-state index contributed by atoms with van der Waals surface area (Å²) >= 11 is 0. The number of hydrogen-bond donors (Lipinski definition) is 0. The van der Waals surface area contributed by atoms with Gasteiger partial charge >= 0.3 is 0 Å². The molecule has 0 amide bonds. The zero-order chi connectivity index (χ0) is 8.81. The van der Waals surface area contributed by atoms with Gasteiger partial charge in [-0.2, -0.15) is 0 Å². The Morgan fingerprint density at radius 1 is 1.33 bits per heavy atom. The molecule has 1 rings (SSSR count). The molecule has 0 heterocycles. The third-order valence-corrected chi connectivity index (χ3v) is 1.64. The molecule has 12 heavy (non-hydrogen) atoms. The van der Waals surface area contributed by atoms with Gasteiger partial charge in [-0.3, -0.25) is 0 Å². The summed E-state index contributed by atoms with van der Waals surface area (Å²) in [6.07, 6.45) is -0.744. The first-order chi connectivity index (χ1) is 5.84. The van der Waals surface area contributed by atoms with Crippen molar-refractivity contribution >= 4 is 0 Å². The van der Waals surface area contributed by atoms with E-state index in [1.165, 1.54) is 0 Å². The first-order valence-corrected chi connectivity index (χ1v) is 4.13. The van der Waals surface area contributed by atoms with E-state index >= 15 is 0 Å². The van der Waals surface area contributed by atoms with Gasteiger partial charge in [-0.15, -0.1) is 0 Å². The summed E-state index contributed by atoms with van der Waals surface area (Å²) in [4.78, 5) is 0. The number of hydrogen-bond acceptors (Lipinski definition) is 1. The minimum Gasteiger partial charge on any atom is -0.379 e. The van der Waals surface area contributed by atoms with Crippen molar-refractivity contribution in [2.24, 2.45) is 0 Å². The third kappa shape index (κ3) is 2.64. The van der Waals surface area contributed by atoms with E-state index in [2.05, 4.69) is 0 Å². The molecular formula is C10H13O2. The van der Waals surface area contributed by atoms with Crippen molar-refractivity contribution in [3.05, 3.63) is 35.9 Å². The summed E-state index contributed by atoms with van der Waals surface area (Å²) in [5.74, 6) is 0. The normalized spacial score (nSPS) is 12.8. The highest BCUT2D eigenvalue weighted by atomic mass is 16.5. The number of ether oxygens (including phenoxy) is 1. The summed E-state index contributed by atoms with van der Waals surface area (Å²) in [6, 6.07) is 9.29. The Balaban J connectivity index is 2.48. The number of benzene rings is 1. The lowest BCUT2D eigenvalue weighted by molar-refractivity contribution is -0.000610. The summed E-state index contributed by atoms with van der Waals surface area (Å²) in [5, 5.41) is 11.4. The fourth-order valence-electron chi connectivity index (χ4n) is 0.989. The summed E-state index contributed by atoms with van der Waals surface area (Å²) in [6.45, 7) is 2.75. The molecule has 0 N–H and O–H groups in total. The summed E-state index contributed by atoms with van der Waals surface area (Å²) in [5.41, 5.74) is 0.797. The van der Waals surface area contributed by atoms with E-state index < -0.39 is 6.10 Å². The minimum atomic E-state index is -0.744. The van der Waals surface area contributed by atoms with E-state index in [0.29, 0.717) is 6.61 Å². The van der Waals surface area contributed by atoms with Crippen LogP contribution in [0.3, 0.4) is 0 Å². The van der Waals surface area contributed by atoms with Crippen LogP contribution in [0.5, 0.6) is 0 Å². The van der Waals surface area contributed by atoms with Crippen molar-refractivity contribution < 1.29 is 9.84 Å². The van der Waals surface area contributed by atoms with E-state index in [1.54, 1.807) is 0 Å². The first-order valence-electron chi connectivity index (χ1n) is 4.13. The molecule has 2 nitrogen and oxygen atoms in total. The smallest absolute Gasteiger partial charge is 0.141 e. The third-order valence-electron chi connectivity index (χ3n) is 1.64. The van der Waals surface area contributed by atoms with Gasteiger partial charge in [-0.1, -0.05) is 30.3 Å². The molecule has 0 fully saturated rings. The van der Waals surface area contributed by atoms with E-state index in [4.69, 9.17) is 4.74 Å². The second-order valence-corrected chi connectivity index (χ2v) is 2.56. The molecule has 1 unspecified atom stereocenters. The molecule has 65 valence electrons. The Labute approximate surface area is 72.8 Å². The Kier molecular flexibility index (Phi) is 3.77. The van der Waals surface area contributed by atoms with Gasteiger partial charge in [-0.05, 0) is 12.5 Å². The molecular weight excluding hydrogens is 152 g/mol. The van der Waals surface area contributed by atoms with E-state index in [1.807, 2.05) is 37.3 Å². The van der Waals surface area contributed by atoms with Crippen LogP contribution in [0.15, 0.2) is 30.3 Å². The van der Waals surface area contributed by atoms with Crippen LogP contribution >= 0.6 is 0 Å². The Bertz CT molecular complexity index is 208. The topological polar surface area (TPSA) is 29.1 Å². The Morgan fingerprint density at radius 3 is 2.58 bits per heavy atom. The van der Waals surface area contributed by atoms with Crippen LogP contribution in [-0.4, -0.2) is 13.2 Å². The number of rotatable bonds is 4. The highest BCUT2D eigenvalue weighted by Gasteiger charge is 2.07. The molecule has 0 spiro atoms. The second-order valence-electron chi connectivity index (χ2n) is 2.56. The lowest BCUT2D eigenvalue weighted by Crippen LogP contribution is -2.05. The average Bonchev–Trinajstić information content (AvgIpc) is 2.15. The zero-order valence-corrected chi connectivity index (χ0v) is 7.19. The van der Waals surface area contributed by atoms with Crippen molar-refractivity contribution in [1.82, 2.24) is 0 Å². The molecule has 1 aromatic carbocycles. The Hall–Kier alpha value is -0.860. The standard InChI is InChI=1S/C10H13O2/c1-2-12-8-10(11)9-6-4-3-5-7-9/h3-7,10H,2,8H2,1H3. The zero-order valence-electron chi connectivity index (χ0n) is 7.19. The van der Waals surface area contributed by atoms with Gasteiger partial charge in [0, 0.05) is 6.61 Å². The van der Waals surface area contributed by atoms with Crippen molar-refractivity contribution in [3.63, 3.8) is 0 Å². The molecule has 0 aliphatic carbocycles. The van der Waals surface area contributed by atoms with Crippen molar-refractivity contribution in [3.8, 4) is 0 Å². The second kappa shape index (κ2) is 4.91. The highest BCUT2D eigenvalue weighted by molar-refractivity contribution is 5.17. The van der Waals surface area contributed by atoms with Crippen LogP contribution in [0.4, 0.5) is 0 Å². The summed E-state index contributed by atoms with van der Waals surface area (Å²) < 4.78 is 5.04. The van der Waals surface area contributed by atoms with Gasteiger partial charge in [0.25, 0.3) is 0 Å².